The molecule has 0 atom stereocenters. The van der Waals surface area contributed by atoms with Crippen molar-refractivity contribution in [1.29, 1.82) is 0 Å². The number of fused-ring (bicyclic) bond motifs is 1. The molecule has 1 aromatic heterocycles. The number of pyridine rings is 1. The molecule has 2 aromatic rings. The Labute approximate surface area is 127 Å². The van der Waals surface area contributed by atoms with Crippen molar-refractivity contribution in [3.05, 3.63) is 47.7 Å². The van der Waals surface area contributed by atoms with E-state index in [1.54, 1.807) is 6.20 Å². The molecule has 1 aliphatic rings. The third kappa shape index (κ3) is 2.66. The van der Waals surface area contributed by atoms with Gasteiger partial charge < -0.3 is 9.47 Å². The molecule has 4 heteroatoms. The first-order valence-corrected chi connectivity index (χ1v) is 7.69. The van der Waals surface area contributed by atoms with Crippen LogP contribution in [0.15, 0.2) is 36.5 Å². The van der Waals surface area contributed by atoms with Gasteiger partial charge in [-0.15, -0.1) is 0 Å². The fourth-order valence-corrected chi connectivity index (χ4v) is 2.66. The molecular weight excluding hydrogens is 318 g/mol. The van der Waals surface area contributed by atoms with Gasteiger partial charge in [0.05, 0.1) is 0 Å². The van der Waals surface area contributed by atoms with Crippen molar-refractivity contribution in [2.45, 2.75) is 31.2 Å². The minimum absolute atomic E-state index is 0.172. The lowest BCUT2D eigenvalue weighted by atomic mass is 10.0. The summed E-state index contributed by atoms with van der Waals surface area (Å²) < 4.78 is 11.8. The molecule has 104 valence electrons. The van der Waals surface area contributed by atoms with Crippen LogP contribution in [-0.4, -0.2) is 10.6 Å². The summed E-state index contributed by atoms with van der Waals surface area (Å²) in [5.74, 6) is 2.15. The van der Waals surface area contributed by atoms with Crippen LogP contribution in [0.5, 0.6) is 17.4 Å². The third-order valence-corrected chi connectivity index (χ3v) is 3.87. The van der Waals surface area contributed by atoms with Crippen molar-refractivity contribution in [3.8, 4) is 17.4 Å². The van der Waals surface area contributed by atoms with Gasteiger partial charge in [-0.2, -0.15) is 0 Å². The molecule has 3 rings (SSSR count). The number of rotatable bonds is 3. The Morgan fingerprint density at radius 1 is 1.30 bits per heavy atom. The fourth-order valence-electron chi connectivity index (χ4n) is 2.33. The largest absolute Gasteiger partial charge is 0.483 e. The molecule has 0 fully saturated rings. The Bertz CT molecular complexity index is 623. The van der Waals surface area contributed by atoms with Gasteiger partial charge in [0.15, 0.2) is 11.5 Å². The quantitative estimate of drug-likeness (QED) is 0.776. The molecule has 0 N–H and O–H groups in total. The zero-order valence-corrected chi connectivity index (χ0v) is 13.1. The lowest BCUT2D eigenvalue weighted by Gasteiger charge is -2.18. The summed E-state index contributed by atoms with van der Waals surface area (Å²) in [6.07, 6.45) is 2.70. The molecular formula is C16H16BrNO2. The van der Waals surface area contributed by atoms with Crippen LogP contribution in [0.4, 0.5) is 0 Å². The summed E-state index contributed by atoms with van der Waals surface area (Å²) in [5.41, 5.74) is 2.13. The minimum Gasteiger partial charge on any atom is -0.483 e. The van der Waals surface area contributed by atoms with Crippen molar-refractivity contribution in [1.82, 2.24) is 4.98 Å². The van der Waals surface area contributed by atoms with Crippen LogP contribution in [0.2, 0.25) is 0 Å². The molecule has 0 aliphatic carbocycles. The first kappa shape index (κ1) is 13.4. The Morgan fingerprint density at radius 3 is 2.85 bits per heavy atom. The van der Waals surface area contributed by atoms with Crippen molar-refractivity contribution in [2.75, 3.05) is 0 Å². The number of hydrogen-bond acceptors (Lipinski definition) is 3. The molecule has 0 unspecified atom stereocenters. The van der Waals surface area contributed by atoms with Gasteiger partial charge in [-0.3, -0.25) is 0 Å². The molecule has 1 aliphatic heterocycles. The number of benzene rings is 1. The highest BCUT2D eigenvalue weighted by molar-refractivity contribution is 9.08. The van der Waals surface area contributed by atoms with Gasteiger partial charge in [0.2, 0.25) is 5.88 Å². The lowest BCUT2D eigenvalue weighted by molar-refractivity contribution is 0.135. The summed E-state index contributed by atoms with van der Waals surface area (Å²) in [6, 6.07) is 9.85. The van der Waals surface area contributed by atoms with E-state index in [0.29, 0.717) is 5.88 Å². The van der Waals surface area contributed by atoms with Crippen LogP contribution in [0.25, 0.3) is 0 Å². The molecule has 20 heavy (non-hydrogen) atoms. The van der Waals surface area contributed by atoms with Crippen LogP contribution in [-0.2, 0) is 11.8 Å². The zero-order chi connectivity index (χ0) is 14.2. The van der Waals surface area contributed by atoms with Crippen LogP contribution >= 0.6 is 15.9 Å². The Morgan fingerprint density at radius 2 is 2.15 bits per heavy atom. The Kier molecular flexibility index (Phi) is 3.42. The SMILES string of the molecule is CC1(C)Cc2cccc(Oc3ccc(CBr)cn3)c2O1. The van der Waals surface area contributed by atoms with Gasteiger partial charge >= 0.3 is 0 Å². The van der Waals surface area contributed by atoms with Gasteiger partial charge in [-0.05, 0) is 25.5 Å². The van der Waals surface area contributed by atoms with E-state index in [2.05, 4.69) is 40.8 Å². The van der Waals surface area contributed by atoms with Crippen LogP contribution in [0, 0.1) is 0 Å². The minimum atomic E-state index is -0.172. The topological polar surface area (TPSA) is 31.4 Å². The third-order valence-electron chi connectivity index (χ3n) is 3.22. The second-order valence-corrected chi connectivity index (χ2v) is 6.08. The molecule has 0 spiro atoms. The van der Waals surface area contributed by atoms with Crippen LogP contribution in [0.3, 0.4) is 0 Å². The predicted octanol–water partition coefficient (Wildman–Crippen LogP) is 4.48. The molecule has 2 heterocycles. The summed E-state index contributed by atoms with van der Waals surface area (Å²) in [6.45, 7) is 4.17. The van der Waals surface area contributed by atoms with Gasteiger partial charge in [0.1, 0.15) is 5.60 Å². The highest BCUT2D eigenvalue weighted by atomic mass is 79.9. The first-order chi connectivity index (χ1) is 9.57. The monoisotopic (exact) mass is 333 g/mol. The Balaban J connectivity index is 1.87. The van der Waals surface area contributed by atoms with Crippen molar-refractivity contribution >= 4 is 15.9 Å². The molecule has 1 aromatic carbocycles. The highest BCUT2D eigenvalue weighted by Gasteiger charge is 2.32. The number of para-hydroxylation sites is 1. The Hall–Kier alpha value is -1.55. The predicted molar refractivity (Wildman–Crippen MR) is 81.8 cm³/mol. The highest BCUT2D eigenvalue weighted by Crippen LogP contribution is 2.42. The number of hydrogen-bond donors (Lipinski definition) is 0. The maximum absolute atomic E-state index is 5.98. The first-order valence-electron chi connectivity index (χ1n) is 6.57. The normalized spacial score (nSPS) is 15.6. The lowest BCUT2D eigenvalue weighted by Crippen LogP contribution is -2.24. The van der Waals surface area contributed by atoms with E-state index in [1.807, 2.05) is 24.3 Å². The number of aromatic nitrogens is 1. The maximum atomic E-state index is 5.98. The molecule has 0 radical (unpaired) electrons. The van der Waals surface area contributed by atoms with Gasteiger partial charge in [0.25, 0.3) is 0 Å². The maximum Gasteiger partial charge on any atom is 0.219 e. The van der Waals surface area contributed by atoms with E-state index in [4.69, 9.17) is 9.47 Å². The molecule has 3 nitrogen and oxygen atoms in total. The number of ether oxygens (including phenoxy) is 2. The van der Waals surface area contributed by atoms with Gasteiger partial charge in [-0.1, -0.05) is 34.1 Å². The second kappa shape index (κ2) is 5.09. The van der Waals surface area contributed by atoms with Crippen molar-refractivity contribution < 1.29 is 9.47 Å². The smallest absolute Gasteiger partial charge is 0.219 e. The number of alkyl halides is 1. The summed E-state index contributed by atoms with van der Waals surface area (Å²) >= 11 is 3.40. The average Bonchev–Trinajstić information content (AvgIpc) is 2.75. The van der Waals surface area contributed by atoms with E-state index < -0.39 is 0 Å². The summed E-state index contributed by atoms with van der Waals surface area (Å²) in [4.78, 5) is 4.30. The fraction of sp³-hybridized carbons (Fsp3) is 0.312. The van der Waals surface area contributed by atoms with E-state index >= 15 is 0 Å². The molecule has 0 saturated carbocycles. The van der Waals surface area contributed by atoms with Crippen molar-refractivity contribution in [3.63, 3.8) is 0 Å². The number of halogens is 1. The molecule has 0 saturated heterocycles. The number of nitrogens with zero attached hydrogens (tertiary/aromatic N) is 1. The van der Waals surface area contributed by atoms with E-state index in [-0.39, 0.29) is 5.60 Å². The van der Waals surface area contributed by atoms with Gasteiger partial charge in [-0.25, -0.2) is 4.98 Å². The zero-order valence-electron chi connectivity index (χ0n) is 11.5. The van der Waals surface area contributed by atoms with Crippen LogP contribution < -0.4 is 9.47 Å². The summed E-state index contributed by atoms with van der Waals surface area (Å²) in [7, 11) is 0. The van der Waals surface area contributed by atoms with E-state index in [1.165, 1.54) is 5.56 Å². The van der Waals surface area contributed by atoms with Crippen molar-refractivity contribution in [2.24, 2.45) is 0 Å². The van der Waals surface area contributed by atoms with E-state index in [9.17, 15) is 0 Å². The van der Waals surface area contributed by atoms with Gasteiger partial charge in [0, 0.05) is 29.6 Å². The van der Waals surface area contributed by atoms with Crippen LogP contribution in [0.1, 0.15) is 25.0 Å². The molecule has 0 bridgehead atoms. The van der Waals surface area contributed by atoms with E-state index in [0.717, 1.165) is 28.8 Å². The second-order valence-electron chi connectivity index (χ2n) is 5.52. The molecule has 0 amide bonds. The standard InChI is InChI=1S/C16H16BrNO2/c1-16(2)8-12-4-3-5-13(15(12)20-16)19-14-7-6-11(9-17)10-18-14/h3-7,10H,8-9H2,1-2H3. The average molecular weight is 334 g/mol. The summed E-state index contributed by atoms with van der Waals surface area (Å²) in [5, 5.41) is 0.790.